The maximum atomic E-state index is 13.0. The molecule has 0 unspecified atom stereocenters. The van der Waals surface area contributed by atoms with Gasteiger partial charge in [-0.3, -0.25) is 9.69 Å². The van der Waals surface area contributed by atoms with Gasteiger partial charge in [-0.15, -0.1) is 0 Å². The van der Waals surface area contributed by atoms with Gasteiger partial charge in [0.25, 0.3) is 0 Å². The number of hydrogen-bond donors (Lipinski definition) is 2. The van der Waals surface area contributed by atoms with Crippen molar-refractivity contribution in [2.24, 2.45) is 0 Å². The fourth-order valence-corrected chi connectivity index (χ4v) is 4.61. The first kappa shape index (κ1) is 22.2. The van der Waals surface area contributed by atoms with Crippen LogP contribution in [0.3, 0.4) is 0 Å². The van der Waals surface area contributed by atoms with Gasteiger partial charge >= 0.3 is 0 Å². The quantitative estimate of drug-likeness (QED) is 0.542. The molecule has 8 heteroatoms. The Morgan fingerprint density at radius 3 is 2.68 bits per heavy atom. The first-order valence-corrected chi connectivity index (χ1v) is 11.7. The van der Waals surface area contributed by atoms with Crippen molar-refractivity contribution in [1.82, 2.24) is 14.9 Å². The van der Waals surface area contributed by atoms with Gasteiger partial charge in [-0.2, -0.15) is 0 Å². The number of aromatic nitrogens is 2. The lowest BCUT2D eigenvalue weighted by Gasteiger charge is -2.24. The van der Waals surface area contributed by atoms with E-state index in [4.69, 9.17) is 9.47 Å². The van der Waals surface area contributed by atoms with Gasteiger partial charge in [0.2, 0.25) is 0 Å². The molecule has 2 N–H and O–H groups in total. The zero-order valence-electron chi connectivity index (χ0n) is 19.3. The van der Waals surface area contributed by atoms with E-state index in [1.807, 2.05) is 36.4 Å². The zero-order chi connectivity index (χ0) is 23.3. The summed E-state index contributed by atoms with van der Waals surface area (Å²) >= 11 is 0. The van der Waals surface area contributed by atoms with Crippen molar-refractivity contribution in [3.8, 4) is 11.5 Å². The molecule has 1 saturated heterocycles. The average Bonchev–Trinajstić information content (AvgIpc) is 3.30. The maximum absolute atomic E-state index is 13.0. The molecule has 3 heterocycles. The van der Waals surface area contributed by atoms with Gasteiger partial charge < -0.3 is 20.1 Å². The maximum Gasteiger partial charge on any atom is 0.163 e. The number of ketones is 1. The fraction of sp³-hybridized carbons (Fsp3) is 0.346. The van der Waals surface area contributed by atoms with Crippen LogP contribution in [0.2, 0.25) is 0 Å². The number of rotatable bonds is 1. The number of ether oxygens (including phenoxy) is 2. The first-order chi connectivity index (χ1) is 16.7. The molecule has 0 radical (unpaired) electrons. The smallest absolute Gasteiger partial charge is 0.163 e. The third-order valence-corrected chi connectivity index (χ3v) is 6.25. The molecule has 3 aromatic rings. The first-order valence-electron chi connectivity index (χ1n) is 11.7. The highest BCUT2D eigenvalue weighted by molar-refractivity contribution is 5.84. The van der Waals surface area contributed by atoms with Crippen LogP contribution in [0.25, 0.3) is 0 Å². The average molecular weight is 460 g/mol. The van der Waals surface area contributed by atoms with Crippen LogP contribution >= 0.6 is 0 Å². The lowest BCUT2D eigenvalue weighted by molar-refractivity contribution is -0.123. The normalized spacial score (nSPS) is 18.9. The monoisotopic (exact) mass is 459 g/mol. The van der Waals surface area contributed by atoms with E-state index in [0.717, 1.165) is 37.3 Å². The van der Waals surface area contributed by atoms with Crippen molar-refractivity contribution in [2.75, 3.05) is 30.9 Å². The second kappa shape index (κ2) is 10.1. The molecule has 1 aromatic heterocycles. The van der Waals surface area contributed by atoms with Crippen LogP contribution in [0.4, 0.5) is 23.0 Å². The topological polar surface area (TPSA) is 88.6 Å². The third-order valence-electron chi connectivity index (χ3n) is 6.25. The van der Waals surface area contributed by atoms with Crippen LogP contribution < -0.4 is 20.1 Å². The second-order valence-electron chi connectivity index (χ2n) is 8.65. The van der Waals surface area contributed by atoms with Gasteiger partial charge in [0.15, 0.2) is 11.5 Å². The molecule has 2 aliphatic rings. The minimum Gasteiger partial charge on any atom is -0.493 e. The van der Waals surface area contributed by atoms with E-state index in [0.29, 0.717) is 48.4 Å². The molecule has 6 bridgehead atoms. The molecule has 1 fully saturated rings. The standard InChI is InChI=1S/C26H29N5O3/c1-33-23-10-9-20-14-24(23)34-12-4-8-22(32)21-7-3-11-31(21)16-18-5-2-6-19(13-18)29-25-15-26(30-20)28-17-27-25/h2,5-6,9-10,13-15,17,21H,3-4,7-8,11-12,16H2,1H3,(H2,27,28,29,30)/t21-/m1/s1. The van der Waals surface area contributed by atoms with Crippen molar-refractivity contribution in [3.63, 3.8) is 0 Å². The van der Waals surface area contributed by atoms with Crippen LogP contribution in [0.1, 0.15) is 31.2 Å². The third kappa shape index (κ3) is 5.12. The Morgan fingerprint density at radius 2 is 1.85 bits per heavy atom. The Morgan fingerprint density at radius 1 is 1.03 bits per heavy atom. The number of hydrogen-bond acceptors (Lipinski definition) is 8. The minimum atomic E-state index is -0.0230. The number of benzene rings is 2. The van der Waals surface area contributed by atoms with Gasteiger partial charge in [0.05, 0.1) is 19.8 Å². The van der Waals surface area contributed by atoms with Crippen molar-refractivity contribution >= 4 is 28.8 Å². The molecule has 2 aliphatic heterocycles. The van der Waals surface area contributed by atoms with E-state index < -0.39 is 0 Å². The Kier molecular flexibility index (Phi) is 6.58. The van der Waals surface area contributed by atoms with Crippen molar-refractivity contribution < 1.29 is 14.3 Å². The molecular formula is C26H29N5O3. The number of methoxy groups -OCH3 is 1. The van der Waals surface area contributed by atoms with E-state index in [1.54, 1.807) is 7.11 Å². The van der Waals surface area contributed by atoms with Gasteiger partial charge in [0.1, 0.15) is 23.7 Å². The van der Waals surface area contributed by atoms with E-state index >= 15 is 0 Å². The van der Waals surface area contributed by atoms with Crippen LogP contribution in [0.5, 0.6) is 11.5 Å². The van der Waals surface area contributed by atoms with Gasteiger partial charge in [-0.25, -0.2) is 9.97 Å². The molecule has 2 aromatic carbocycles. The van der Waals surface area contributed by atoms with E-state index in [9.17, 15) is 4.79 Å². The summed E-state index contributed by atoms with van der Waals surface area (Å²) in [7, 11) is 1.62. The zero-order valence-corrected chi connectivity index (χ0v) is 19.3. The van der Waals surface area contributed by atoms with Crippen LogP contribution in [-0.4, -0.2) is 47.0 Å². The van der Waals surface area contributed by atoms with Crippen LogP contribution in [-0.2, 0) is 11.3 Å². The number of fused-ring (bicyclic) bond motifs is 7. The lowest BCUT2D eigenvalue weighted by Crippen LogP contribution is -2.35. The van der Waals surface area contributed by atoms with Crippen molar-refractivity contribution in [1.29, 1.82) is 0 Å². The minimum absolute atomic E-state index is 0.0230. The number of carbonyl (C=O) groups is 1. The Bertz CT molecular complexity index is 1170. The lowest BCUT2D eigenvalue weighted by atomic mass is 10.0. The van der Waals surface area contributed by atoms with Gasteiger partial charge in [-0.05, 0) is 55.6 Å². The summed E-state index contributed by atoms with van der Waals surface area (Å²) in [5, 5.41) is 6.67. The summed E-state index contributed by atoms with van der Waals surface area (Å²) in [6, 6.07) is 15.8. The highest BCUT2D eigenvalue weighted by Gasteiger charge is 2.30. The molecular weight excluding hydrogens is 430 g/mol. The molecule has 1 atom stereocenters. The number of carbonyl (C=O) groups excluding carboxylic acids is 1. The molecule has 5 rings (SSSR count). The number of Topliss-reactive ketones (excluding diaryl/α,β-unsaturated/α-hetero) is 1. The van der Waals surface area contributed by atoms with Crippen LogP contribution in [0, 0.1) is 0 Å². The molecule has 8 nitrogen and oxygen atoms in total. The second-order valence-corrected chi connectivity index (χ2v) is 8.65. The highest BCUT2D eigenvalue weighted by atomic mass is 16.5. The van der Waals surface area contributed by atoms with Gasteiger partial charge in [0, 0.05) is 36.5 Å². The molecule has 0 amide bonds. The largest absolute Gasteiger partial charge is 0.493 e. The summed E-state index contributed by atoms with van der Waals surface area (Å²) in [6.45, 7) is 2.14. The van der Waals surface area contributed by atoms with E-state index in [1.165, 1.54) is 11.9 Å². The summed E-state index contributed by atoms with van der Waals surface area (Å²) in [4.78, 5) is 24.0. The van der Waals surface area contributed by atoms with Crippen molar-refractivity contribution in [2.45, 2.75) is 38.3 Å². The highest BCUT2D eigenvalue weighted by Crippen LogP contribution is 2.32. The van der Waals surface area contributed by atoms with E-state index in [2.05, 4.69) is 37.6 Å². The van der Waals surface area contributed by atoms with Crippen molar-refractivity contribution in [3.05, 3.63) is 60.4 Å². The van der Waals surface area contributed by atoms with Crippen LogP contribution in [0.15, 0.2) is 54.9 Å². The molecule has 176 valence electrons. The summed E-state index contributed by atoms with van der Waals surface area (Å²) in [6.07, 6.45) is 4.66. The number of nitrogens with zero attached hydrogens (tertiary/aromatic N) is 3. The Hall–Kier alpha value is -3.65. The fourth-order valence-electron chi connectivity index (χ4n) is 4.61. The Labute approximate surface area is 199 Å². The van der Waals surface area contributed by atoms with Gasteiger partial charge in [-0.1, -0.05) is 12.1 Å². The number of nitrogens with one attached hydrogen (secondary N) is 2. The molecule has 34 heavy (non-hydrogen) atoms. The summed E-state index contributed by atoms with van der Waals surface area (Å²) in [5.41, 5.74) is 2.93. The predicted octanol–water partition coefficient (Wildman–Crippen LogP) is 4.68. The Balaban J connectivity index is 1.46. The number of anilines is 4. The summed E-state index contributed by atoms with van der Waals surface area (Å²) < 4.78 is 11.5. The molecule has 0 spiro atoms. The molecule has 0 aliphatic carbocycles. The molecule has 0 saturated carbocycles. The summed E-state index contributed by atoms with van der Waals surface area (Å²) in [5.74, 6) is 2.92. The SMILES string of the molecule is COc1ccc2cc1OCCCC(=O)[C@H]1CCCN1Cc1cccc(c1)Nc1cc(ncn1)N2. The predicted molar refractivity (Wildman–Crippen MR) is 131 cm³/mol. The van der Waals surface area contributed by atoms with E-state index in [-0.39, 0.29) is 6.04 Å².